The zero-order valence-electron chi connectivity index (χ0n) is 16.4. The molecule has 0 aromatic heterocycles. The van der Waals surface area contributed by atoms with E-state index in [1.807, 2.05) is 6.07 Å². The third-order valence-corrected chi connectivity index (χ3v) is 6.73. The molecule has 3 aromatic rings. The fraction of sp³-hybridized carbons (Fsp3) is 0.130. The van der Waals surface area contributed by atoms with Crippen LogP contribution in [0, 0.1) is 12.7 Å². The van der Waals surface area contributed by atoms with Crippen LogP contribution in [0.25, 0.3) is 0 Å². The first-order valence-electron chi connectivity index (χ1n) is 9.40. The van der Waals surface area contributed by atoms with Crippen molar-refractivity contribution in [2.45, 2.75) is 12.3 Å². The summed E-state index contributed by atoms with van der Waals surface area (Å²) in [5.74, 6) is -0.530. The predicted octanol–water partition coefficient (Wildman–Crippen LogP) is 6.47. The molecule has 31 heavy (non-hydrogen) atoms. The van der Waals surface area contributed by atoms with Gasteiger partial charge in [-0.1, -0.05) is 41.4 Å². The molecule has 4 nitrogen and oxygen atoms in total. The second kappa shape index (κ2) is 8.91. The molecule has 0 saturated carbocycles. The third kappa shape index (κ3) is 4.42. The Balaban J connectivity index is 1.62. The summed E-state index contributed by atoms with van der Waals surface area (Å²) in [7, 11) is 0. The van der Waals surface area contributed by atoms with Crippen LogP contribution in [0.4, 0.5) is 15.8 Å². The number of amides is 2. The Morgan fingerprint density at radius 2 is 1.90 bits per heavy atom. The lowest BCUT2D eigenvalue weighted by atomic mass is 10.1. The minimum Gasteiger partial charge on any atom is -0.322 e. The Bertz CT molecular complexity index is 1190. The lowest BCUT2D eigenvalue weighted by molar-refractivity contribution is -0.115. The highest BCUT2D eigenvalue weighted by Gasteiger charge is 2.35. The summed E-state index contributed by atoms with van der Waals surface area (Å²) in [6, 6.07) is 16.6. The number of rotatable bonds is 4. The summed E-state index contributed by atoms with van der Waals surface area (Å²) in [4.78, 5) is 26.9. The van der Waals surface area contributed by atoms with Gasteiger partial charge in [0.15, 0.2) is 0 Å². The van der Waals surface area contributed by atoms with Crippen molar-refractivity contribution in [2.24, 2.45) is 0 Å². The fourth-order valence-corrected chi connectivity index (χ4v) is 5.08. The zero-order valence-corrected chi connectivity index (χ0v) is 18.7. The summed E-state index contributed by atoms with van der Waals surface area (Å²) in [5.41, 5.74) is 2.65. The van der Waals surface area contributed by atoms with Crippen molar-refractivity contribution in [2.75, 3.05) is 16.0 Å². The van der Waals surface area contributed by atoms with Crippen LogP contribution in [-0.4, -0.2) is 17.6 Å². The Morgan fingerprint density at radius 1 is 1.13 bits per heavy atom. The molecule has 0 bridgehead atoms. The normalized spacial score (nSPS) is 15.9. The minimum absolute atomic E-state index is 0.0916. The smallest absolute Gasteiger partial charge is 0.257 e. The van der Waals surface area contributed by atoms with E-state index < -0.39 is 0 Å². The lowest BCUT2D eigenvalue weighted by Gasteiger charge is -2.26. The summed E-state index contributed by atoms with van der Waals surface area (Å²) in [5, 5.41) is 3.20. The topological polar surface area (TPSA) is 49.4 Å². The summed E-state index contributed by atoms with van der Waals surface area (Å²) in [6.45, 7) is 1.66. The molecule has 1 aliphatic rings. The van der Waals surface area contributed by atoms with Crippen molar-refractivity contribution in [3.63, 3.8) is 0 Å². The van der Waals surface area contributed by atoms with Crippen LogP contribution in [-0.2, 0) is 4.79 Å². The number of hydrogen-bond donors (Lipinski definition) is 1. The summed E-state index contributed by atoms with van der Waals surface area (Å²) in [6.07, 6.45) is 0. The van der Waals surface area contributed by atoms with Crippen molar-refractivity contribution in [3.05, 3.63) is 93.2 Å². The van der Waals surface area contributed by atoms with E-state index >= 15 is 0 Å². The molecule has 8 heteroatoms. The molecule has 1 N–H and O–H groups in total. The molecule has 1 atom stereocenters. The predicted molar refractivity (Wildman–Crippen MR) is 125 cm³/mol. The van der Waals surface area contributed by atoms with Crippen LogP contribution in [0.5, 0.6) is 0 Å². The monoisotopic (exact) mass is 474 g/mol. The molecule has 158 valence electrons. The van der Waals surface area contributed by atoms with Crippen molar-refractivity contribution in [1.82, 2.24) is 0 Å². The maximum absolute atomic E-state index is 14.1. The maximum Gasteiger partial charge on any atom is 0.257 e. The third-order valence-electron chi connectivity index (χ3n) is 4.97. The average Bonchev–Trinajstić information content (AvgIpc) is 3.11. The van der Waals surface area contributed by atoms with Gasteiger partial charge in [-0.25, -0.2) is 4.39 Å². The second-order valence-electron chi connectivity index (χ2n) is 7.01. The van der Waals surface area contributed by atoms with Crippen molar-refractivity contribution >= 4 is 58.2 Å². The maximum atomic E-state index is 14.1. The van der Waals surface area contributed by atoms with Crippen molar-refractivity contribution in [1.29, 1.82) is 0 Å². The number of carbonyl (C=O) groups is 2. The fourth-order valence-electron chi connectivity index (χ4n) is 3.43. The van der Waals surface area contributed by atoms with Gasteiger partial charge in [0.05, 0.1) is 22.0 Å². The molecule has 4 rings (SSSR count). The van der Waals surface area contributed by atoms with E-state index in [0.29, 0.717) is 27.5 Å². The van der Waals surface area contributed by atoms with Crippen molar-refractivity contribution < 1.29 is 14.0 Å². The number of nitrogens with zero attached hydrogens (tertiary/aromatic N) is 1. The molecule has 0 spiro atoms. The van der Waals surface area contributed by atoms with Crippen LogP contribution < -0.4 is 10.2 Å². The van der Waals surface area contributed by atoms with Gasteiger partial charge in [-0.05, 0) is 55.0 Å². The van der Waals surface area contributed by atoms with Gasteiger partial charge in [0.1, 0.15) is 11.2 Å². The highest BCUT2D eigenvalue weighted by atomic mass is 35.5. The Labute approximate surface area is 193 Å². The summed E-state index contributed by atoms with van der Waals surface area (Å²) >= 11 is 13.5. The number of hydrogen-bond acceptors (Lipinski definition) is 3. The largest absolute Gasteiger partial charge is 0.322 e. The van der Waals surface area contributed by atoms with Gasteiger partial charge in [-0.2, -0.15) is 0 Å². The van der Waals surface area contributed by atoms with E-state index in [9.17, 15) is 14.0 Å². The standard InChI is InChI=1S/C23H17Cl2FN2O2S/c1-13-19(26)6-3-7-20(13)28-21(29)12-31-23(28)14-4-2-5-16(10-14)27-22(30)17-9-8-15(24)11-18(17)25/h2-11,23H,12H2,1H3,(H,27,30)/t23-/m0/s1. The van der Waals surface area contributed by atoms with Gasteiger partial charge in [-0.3, -0.25) is 14.5 Å². The van der Waals surface area contributed by atoms with E-state index in [4.69, 9.17) is 23.2 Å². The molecule has 3 aromatic carbocycles. The number of anilines is 2. The first kappa shape index (κ1) is 21.7. The number of benzene rings is 3. The lowest BCUT2D eigenvalue weighted by Crippen LogP contribution is -2.28. The molecule has 0 unspecified atom stereocenters. The number of halogens is 3. The van der Waals surface area contributed by atoms with E-state index in [0.717, 1.165) is 5.56 Å². The highest BCUT2D eigenvalue weighted by molar-refractivity contribution is 8.00. The average molecular weight is 475 g/mol. The highest BCUT2D eigenvalue weighted by Crippen LogP contribution is 2.43. The van der Waals surface area contributed by atoms with Crippen LogP contribution in [0.3, 0.4) is 0 Å². The molecule has 0 radical (unpaired) electrons. The van der Waals surface area contributed by atoms with E-state index in [1.165, 1.54) is 23.9 Å². The molecule has 1 heterocycles. The molecule has 2 amide bonds. The summed E-state index contributed by atoms with van der Waals surface area (Å²) < 4.78 is 14.1. The van der Waals surface area contributed by atoms with Gasteiger partial charge in [0.25, 0.3) is 5.91 Å². The number of carbonyl (C=O) groups excluding carboxylic acids is 2. The Hall–Kier alpha value is -2.54. The van der Waals surface area contributed by atoms with E-state index in [-0.39, 0.29) is 33.8 Å². The number of nitrogens with one attached hydrogen (secondary N) is 1. The molecule has 0 aliphatic carbocycles. The SMILES string of the molecule is Cc1c(F)cccc1N1C(=O)CS[C@H]1c1cccc(NC(=O)c2ccc(Cl)cc2Cl)c1. The van der Waals surface area contributed by atoms with Crippen LogP contribution >= 0.6 is 35.0 Å². The quantitative estimate of drug-likeness (QED) is 0.471. The molecular formula is C23H17Cl2FN2O2S. The zero-order chi connectivity index (χ0) is 22.1. The molecular weight excluding hydrogens is 458 g/mol. The molecule has 1 fully saturated rings. The van der Waals surface area contributed by atoms with Gasteiger partial charge in [0, 0.05) is 16.3 Å². The second-order valence-corrected chi connectivity index (χ2v) is 8.93. The van der Waals surface area contributed by atoms with Crippen LogP contribution in [0.1, 0.15) is 26.9 Å². The van der Waals surface area contributed by atoms with Gasteiger partial charge < -0.3 is 5.32 Å². The molecule has 1 saturated heterocycles. The van der Waals surface area contributed by atoms with Crippen molar-refractivity contribution in [3.8, 4) is 0 Å². The Kier molecular flexibility index (Phi) is 6.23. The first-order valence-corrected chi connectivity index (χ1v) is 11.2. The van der Waals surface area contributed by atoms with Gasteiger partial charge in [0.2, 0.25) is 5.91 Å². The molecule has 1 aliphatic heterocycles. The first-order chi connectivity index (χ1) is 14.8. The van der Waals surface area contributed by atoms with E-state index in [2.05, 4.69) is 5.32 Å². The van der Waals surface area contributed by atoms with Crippen LogP contribution in [0.15, 0.2) is 60.7 Å². The Morgan fingerprint density at radius 3 is 2.68 bits per heavy atom. The minimum atomic E-state index is -0.369. The van der Waals surface area contributed by atoms with Gasteiger partial charge in [-0.15, -0.1) is 11.8 Å². The van der Waals surface area contributed by atoms with Gasteiger partial charge >= 0.3 is 0 Å². The van der Waals surface area contributed by atoms with Crippen LogP contribution in [0.2, 0.25) is 10.0 Å². The van der Waals surface area contributed by atoms with E-state index in [1.54, 1.807) is 54.3 Å². The number of thioether (sulfide) groups is 1.